The van der Waals surface area contributed by atoms with E-state index in [4.69, 9.17) is 5.26 Å². The highest BCUT2D eigenvalue weighted by molar-refractivity contribution is 14.1. The van der Waals surface area contributed by atoms with Gasteiger partial charge in [-0.25, -0.2) is 0 Å². The average Bonchev–Trinajstić information content (AvgIpc) is 2.19. The lowest BCUT2D eigenvalue weighted by molar-refractivity contribution is 1.50. The van der Waals surface area contributed by atoms with Crippen molar-refractivity contribution in [2.75, 3.05) is 0 Å². The Morgan fingerprint density at radius 3 is 2.79 bits per heavy atom. The maximum Gasteiger partial charge on any atom is 0.0998 e. The molecule has 0 aliphatic carbocycles. The zero-order chi connectivity index (χ0) is 10.1. The van der Waals surface area contributed by atoms with E-state index in [0.717, 1.165) is 24.4 Å². The van der Waals surface area contributed by atoms with Crippen LogP contribution >= 0.6 is 38.5 Å². The molecule has 14 heavy (non-hydrogen) atoms. The van der Waals surface area contributed by atoms with E-state index in [0.29, 0.717) is 0 Å². The largest absolute Gasteiger partial charge is 0.192 e. The Balaban J connectivity index is 2.90. The molecule has 68 valence electrons. The van der Waals surface area contributed by atoms with Gasteiger partial charge in [-0.15, -0.1) is 0 Å². The summed E-state index contributed by atoms with van der Waals surface area (Å²) in [6.07, 6.45) is 0. The van der Waals surface area contributed by atoms with Crippen molar-refractivity contribution in [1.29, 1.82) is 5.26 Å². The van der Waals surface area contributed by atoms with Crippen LogP contribution < -0.4 is 0 Å². The van der Waals surface area contributed by atoms with Crippen LogP contribution in [0.5, 0.6) is 0 Å². The lowest BCUT2D eigenvalue weighted by Crippen LogP contribution is -1.82. The topological polar surface area (TPSA) is 23.8 Å². The van der Waals surface area contributed by atoms with Gasteiger partial charge in [-0.2, -0.15) is 5.26 Å². The molecule has 0 amide bonds. The maximum atomic E-state index is 8.93. The van der Waals surface area contributed by atoms with Gasteiger partial charge < -0.3 is 0 Å². The second-order valence-electron chi connectivity index (χ2n) is 2.90. The fourth-order valence-electron chi connectivity index (χ4n) is 1.37. The van der Waals surface area contributed by atoms with Crippen LogP contribution in [0.25, 0.3) is 10.8 Å². The highest BCUT2D eigenvalue weighted by Gasteiger charge is 2.03. The molecule has 2 aromatic rings. The molecule has 0 unspecified atom stereocenters. The van der Waals surface area contributed by atoms with Crippen LogP contribution in [0.4, 0.5) is 0 Å². The third-order valence-electron chi connectivity index (χ3n) is 2.04. The molecule has 0 heterocycles. The lowest BCUT2D eigenvalue weighted by Gasteiger charge is -2.02. The summed E-state index contributed by atoms with van der Waals surface area (Å²) >= 11 is 5.72. The minimum absolute atomic E-state index is 0.730. The predicted molar refractivity (Wildman–Crippen MR) is 69.1 cm³/mol. The Hall–Kier alpha value is -0.600. The van der Waals surface area contributed by atoms with Crippen LogP contribution in [0.2, 0.25) is 0 Å². The summed E-state index contributed by atoms with van der Waals surface area (Å²) in [5, 5.41) is 11.0. The van der Waals surface area contributed by atoms with E-state index in [2.05, 4.69) is 44.6 Å². The van der Waals surface area contributed by atoms with Crippen molar-refractivity contribution in [3.05, 3.63) is 43.9 Å². The highest BCUT2D eigenvalue weighted by atomic mass is 127. The average molecular weight is 358 g/mol. The third kappa shape index (κ3) is 1.64. The van der Waals surface area contributed by atoms with Gasteiger partial charge in [-0.3, -0.25) is 0 Å². The molecule has 0 aliphatic heterocycles. The molecule has 3 heteroatoms. The number of nitrogens with zero attached hydrogens (tertiary/aromatic N) is 1. The molecule has 2 rings (SSSR count). The number of fused-ring (bicyclic) bond motifs is 1. The van der Waals surface area contributed by atoms with Crippen LogP contribution in [0.15, 0.2) is 34.8 Å². The van der Waals surface area contributed by atoms with Gasteiger partial charge in [0.15, 0.2) is 0 Å². The van der Waals surface area contributed by atoms with Gasteiger partial charge in [0.1, 0.15) is 0 Å². The predicted octanol–water partition coefficient (Wildman–Crippen LogP) is 4.08. The zero-order valence-electron chi connectivity index (χ0n) is 7.09. The van der Waals surface area contributed by atoms with Crippen LogP contribution in [0, 0.1) is 14.9 Å². The van der Waals surface area contributed by atoms with Gasteiger partial charge in [0.05, 0.1) is 11.6 Å². The Kier molecular flexibility index (Phi) is 2.75. The Morgan fingerprint density at radius 1 is 1.29 bits per heavy atom. The number of rotatable bonds is 0. The first-order valence-corrected chi connectivity index (χ1v) is 5.87. The molecule has 0 saturated carbocycles. The molecule has 0 atom stereocenters. The quantitative estimate of drug-likeness (QED) is 0.652. The molecule has 0 aromatic heterocycles. The van der Waals surface area contributed by atoms with Gasteiger partial charge in [0.25, 0.3) is 0 Å². The van der Waals surface area contributed by atoms with Gasteiger partial charge in [-0.1, -0.05) is 12.1 Å². The summed E-state index contributed by atoms with van der Waals surface area (Å²) in [6, 6.07) is 12.0. The molecule has 0 N–H and O–H groups in total. The van der Waals surface area contributed by atoms with Crippen LogP contribution in [0.3, 0.4) is 0 Å². The smallest absolute Gasteiger partial charge is 0.0998 e. The van der Waals surface area contributed by atoms with E-state index in [1.54, 1.807) is 0 Å². The summed E-state index contributed by atoms with van der Waals surface area (Å²) in [7, 11) is 0. The first kappa shape index (κ1) is 9.94. The van der Waals surface area contributed by atoms with E-state index >= 15 is 0 Å². The van der Waals surface area contributed by atoms with Crippen molar-refractivity contribution in [2.24, 2.45) is 0 Å². The molecule has 0 radical (unpaired) electrons. The normalized spacial score (nSPS) is 10.1. The van der Waals surface area contributed by atoms with Gasteiger partial charge >= 0.3 is 0 Å². The van der Waals surface area contributed by atoms with Crippen LogP contribution in [-0.2, 0) is 0 Å². The summed E-state index contributed by atoms with van der Waals surface area (Å²) in [5.74, 6) is 0. The summed E-state index contributed by atoms with van der Waals surface area (Å²) in [4.78, 5) is 0. The van der Waals surface area contributed by atoms with E-state index in [1.807, 2.05) is 30.3 Å². The van der Waals surface area contributed by atoms with Crippen LogP contribution in [0.1, 0.15) is 5.56 Å². The van der Waals surface area contributed by atoms with Gasteiger partial charge in [0.2, 0.25) is 0 Å². The summed E-state index contributed by atoms with van der Waals surface area (Å²) in [6.45, 7) is 0. The molecule has 2 aromatic carbocycles. The molecule has 0 saturated heterocycles. The van der Waals surface area contributed by atoms with E-state index in [9.17, 15) is 0 Å². The number of hydrogen-bond donors (Lipinski definition) is 0. The van der Waals surface area contributed by atoms with Crippen molar-refractivity contribution in [3.8, 4) is 6.07 Å². The minimum Gasteiger partial charge on any atom is -0.192 e. The molecule has 0 aliphatic rings. The van der Waals surface area contributed by atoms with Crippen molar-refractivity contribution in [3.63, 3.8) is 0 Å². The number of halogens is 2. The molecule has 1 nitrogen and oxygen atoms in total. The van der Waals surface area contributed by atoms with E-state index in [-0.39, 0.29) is 0 Å². The van der Waals surface area contributed by atoms with Crippen molar-refractivity contribution in [2.45, 2.75) is 0 Å². The molecule has 0 bridgehead atoms. The monoisotopic (exact) mass is 357 g/mol. The number of nitriles is 1. The maximum absolute atomic E-state index is 8.93. The second-order valence-corrected chi connectivity index (χ2v) is 4.92. The first-order valence-electron chi connectivity index (χ1n) is 4.00. The minimum atomic E-state index is 0.730. The highest BCUT2D eigenvalue weighted by Crippen LogP contribution is 2.27. The molecule has 0 fully saturated rings. The Bertz CT molecular complexity index is 543. The fourth-order valence-corrected chi connectivity index (χ4v) is 2.20. The van der Waals surface area contributed by atoms with E-state index < -0.39 is 0 Å². The van der Waals surface area contributed by atoms with Crippen molar-refractivity contribution in [1.82, 2.24) is 0 Å². The third-order valence-corrected chi connectivity index (χ3v) is 4.33. The van der Waals surface area contributed by atoms with Crippen molar-refractivity contribution >= 4 is 49.3 Å². The fraction of sp³-hybridized carbons (Fsp3) is 0. The second kappa shape index (κ2) is 3.87. The number of hydrogen-bond acceptors (Lipinski definition) is 1. The van der Waals surface area contributed by atoms with Gasteiger partial charge in [-0.05, 0) is 62.1 Å². The zero-order valence-corrected chi connectivity index (χ0v) is 10.8. The molecular formula is C11H5BrIN. The lowest BCUT2D eigenvalue weighted by atomic mass is 10.1. The molecule has 0 spiro atoms. The first-order chi connectivity index (χ1) is 6.72. The SMILES string of the molecule is N#Cc1cccc2cc(Br)c(I)cc12. The summed E-state index contributed by atoms with van der Waals surface area (Å²) in [5.41, 5.74) is 0.730. The Morgan fingerprint density at radius 2 is 2.07 bits per heavy atom. The standard InChI is InChI=1S/C11H5BrIN/c12-10-4-7-2-1-3-8(6-14)9(7)5-11(10)13/h1-5H. The Labute approximate surface area is 104 Å². The van der Waals surface area contributed by atoms with Crippen LogP contribution in [-0.4, -0.2) is 0 Å². The number of benzene rings is 2. The van der Waals surface area contributed by atoms with E-state index in [1.165, 1.54) is 0 Å². The van der Waals surface area contributed by atoms with Crippen molar-refractivity contribution < 1.29 is 0 Å². The van der Waals surface area contributed by atoms with Gasteiger partial charge in [0, 0.05) is 13.4 Å². The molecular weight excluding hydrogens is 353 g/mol. The summed E-state index contributed by atoms with van der Waals surface area (Å²) < 4.78 is 2.19.